The molecule has 122 valence electrons. The number of carbonyl (C=O) groups is 1. The van der Waals surface area contributed by atoms with Crippen LogP contribution in [0.2, 0.25) is 0 Å². The van der Waals surface area contributed by atoms with Gasteiger partial charge in [0.2, 0.25) is 0 Å². The van der Waals surface area contributed by atoms with E-state index in [1.807, 2.05) is 6.07 Å². The Morgan fingerprint density at radius 1 is 1.08 bits per heavy atom. The molecule has 0 amide bonds. The summed E-state index contributed by atoms with van der Waals surface area (Å²) >= 11 is 0. The van der Waals surface area contributed by atoms with Crippen molar-refractivity contribution < 1.29 is 19.4 Å². The highest BCUT2D eigenvalue weighted by Crippen LogP contribution is 2.31. The maximum Gasteiger partial charge on any atom is 0.337 e. The number of benzene rings is 2. The van der Waals surface area contributed by atoms with E-state index in [9.17, 15) is 9.90 Å². The molecule has 0 saturated carbocycles. The standard InChI is InChI=1S/C17H15N3O4/c1-23-15-8-7-11(9-16(15)24-2)13-10-20(19-18-13)14-6-4-3-5-12(14)17(21)22/h3-10H,1-2H3,(H,21,22). The Morgan fingerprint density at radius 3 is 2.54 bits per heavy atom. The minimum atomic E-state index is -1.02. The van der Waals surface area contributed by atoms with Gasteiger partial charge in [-0.15, -0.1) is 5.10 Å². The van der Waals surface area contributed by atoms with E-state index < -0.39 is 5.97 Å². The summed E-state index contributed by atoms with van der Waals surface area (Å²) < 4.78 is 11.9. The largest absolute Gasteiger partial charge is 0.493 e. The Hall–Kier alpha value is -3.35. The maximum atomic E-state index is 11.3. The van der Waals surface area contributed by atoms with E-state index in [4.69, 9.17) is 9.47 Å². The Morgan fingerprint density at radius 2 is 1.83 bits per heavy atom. The smallest absolute Gasteiger partial charge is 0.337 e. The molecular formula is C17H15N3O4. The van der Waals surface area contributed by atoms with Gasteiger partial charge in [-0.05, 0) is 30.3 Å². The first-order valence-electron chi connectivity index (χ1n) is 7.11. The summed E-state index contributed by atoms with van der Waals surface area (Å²) in [6.45, 7) is 0. The van der Waals surface area contributed by atoms with E-state index in [1.54, 1.807) is 50.7 Å². The van der Waals surface area contributed by atoms with Crippen LogP contribution in [0.5, 0.6) is 11.5 Å². The summed E-state index contributed by atoms with van der Waals surface area (Å²) in [5, 5.41) is 17.4. The zero-order valence-electron chi connectivity index (χ0n) is 13.1. The predicted octanol–water partition coefficient (Wildman–Crippen LogP) is 2.65. The number of rotatable bonds is 5. The number of methoxy groups -OCH3 is 2. The zero-order valence-corrected chi connectivity index (χ0v) is 13.1. The van der Waals surface area contributed by atoms with Crippen molar-refractivity contribution in [2.24, 2.45) is 0 Å². The fourth-order valence-corrected chi connectivity index (χ4v) is 2.36. The molecule has 3 aromatic rings. The van der Waals surface area contributed by atoms with Gasteiger partial charge >= 0.3 is 5.97 Å². The Labute approximate surface area is 138 Å². The van der Waals surface area contributed by atoms with Crippen molar-refractivity contribution in [3.05, 3.63) is 54.2 Å². The fraction of sp³-hybridized carbons (Fsp3) is 0.118. The number of hydrogen-bond acceptors (Lipinski definition) is 5. The van der Waals surface area contributed by atoms with Crippen LogP contribution < -0.4 is 9.47 Å². The molecule has 1 N–H and O–H groups in total. The summed E-state index contributed by atoms with van der Waals surface area (Å²) in [6.07, 6.45) is 1.67. The van der Waals surface area contributed by atoms with Gasteiger partial charge in [-0.2, -0.15) is 0 Å². The highest BCUT2D eigenvalue weighted by atomic mass is 16.5. The van der Waals surface area contributed by atoms with Gasteiger partial charge in [0.05, 0.1) is 31.7 Å². The van der Waals surface area contributed by atoms with Crippen LogP contribution >= 0.6 is 0 Å². The molecule has 0 bridgehead atoms. The van der Waals surface area contributed by atoms with Crippen LogP contribution in [0.25, 0.3) is 16.9 Å². The highest BCUT2D eigenvalue weighted by Gasteiger charge is 2.14. The molecule has 3 rings (SSSR count). The lowest BCUT2D eigenvalue weighted by molar-refractivity contribution is 0.0696. The normalized spacial score (nSPS) is 10.4. The van der Waals surface area contributed by atoms with Crippen molar-refractivity contribution in [1.82, 2.24) is 15.0 Å². The molecule has 24 heavy (non-hydrogen) atoms. The Bertz CT molecular complexity index is 889. The first-order chi connectivity index (χ1) is 11.6. The van der Waals surface area contributed by atoms with Crippen LogP contribution in [0.4, 0.5) is 0 Å². The minimum absolute atomic E-state index is 0.154. The van der Waals surface area contributed by atoms with Crippen molar-refractivity contribution in [2.45, 2.75) is 0 Å². The zero-order chi connectivity index (χ0) is 17.1. The predicted molar refractivity (Wildman–Crippen MR) is 86.9 cm³/mol. The lowest BCUT2D eigenvalue weighted by Crippen LogP contribution is -2.05. The molecule has 0 atom stereocenters. The van der Waals surface area contributed by atoms with Crippen LogP contribution in [0.15, 0.2) is 48.7 Å². The first-order valence-corrected chi connectivity index (χ1v) is 7.11. The second kappa shape index (κ2) is 6.41. The summed E-state index contributed by atoms with van der Waals surface area (Å²) in [5.74, 6) is 0.175. The van der Waals surface area contributed by atoms with E-state index in [1.165, 1.54) is 10.7 Å². The summed E-state index contributed by atoms with van der Waals surface area (Å²) in [5.41, 5.74) is 1.98. The molecule has 0 saturated heterocycles. The number of aromatic nitrogens is 3. The van der Waals surface area contributed by atoms with E-state index in [-0.39, 0.29) is 5.56 Å². The van der Waals surface area contributed by atoms with Crippen molar-refractivity contribution in [3.63, 3.8) is 0 Å². The maximum absolute atomic E-state index is 11.3. The Balaban J connectivity index is 2.02. The number of ether oxygens (including phenoxy) is 2. The van der Waals surface area contributed by atoms with E-state index in [0.717, 1.165) is 5.56 Å². The highest BCUT2D eigenvalue weighted by molar-refractivity contribution is 5.91. The molecule has 0 radical (unpaired) electrons. The van der Waals surface area contributed by atoms with Crippen LogP contribution in [0.3, 0.4) is 0 Å². The molecule has 0 spiro atoms. The lowest BCUT2D eigenvalue weighted by atomic mass is 10.1. The van der Waals surface area contributed by atoms with Crippen molar-refractivity contribution >= 4 is 5.97 Å². The number of nitrogens with zero attached hydrogens (tertiary/aromatic N) is 3. The molecule has 0 aliphatic carbocycles. The SMILES string of the molecule is COc1ccc(-c2cn(-c3ccccc3C(=O)O)nn2)cc1OC. The van der Waals surface area contributed by atoms with E-state index in [2.05, 4.69) is 10.3 Å². The van der Waals surface area contributed by atoms with Gasteiger partial charge in [0.1, 0.15) is 5.69 Å². The van der Waals surface area contributed by atoms with E-state index in [0.29, 0.717) is 22.9 Å². The number of para-hydroxylation sites is 1. The summed E-state index contributed by atoms with van der Waals surface area (Å²) in [7, 11) is 3.12. The van der Waals surface area contributed by atoms with Crippen LogP contribution in [0, 0.1) is 0 Å². The molecule has 7 nitrogen and oxygen atoms in total. The van der Waals surface area contributed by atoms with Gasteiger partial charge in [0.15, 0.2) is 11.5 Å². The summed E-state index contributed by atoms with van der Waals surface area (Å²) in [6, 6.07) is 12.0. The molecule has 7 heteroatoms. The monoisotopic (exact) mass is 325 g/mol. The number of aromatic carboxylic acids is 1. The third-order valence-corrected chi connectivity index (χ3v) is 3.55. The lowest BCUT2D eigenvalue weighted by Gasteiger charge is -2.08. The van der Waals surface area contributed by atoms with Gasteiger partial charge in [0.25, 0.3) is 0 Å². The molecule has 0 aliphatic rings. The quantitative estimate of drug-likeness (QED) is 0.776. The van der Waals surface area contributed by atoms with Crippen molar-refractivity contribution in [2.75, 3.05) is 14.2 Å². The number of carboxylic acids is 1. The van der Waals surface area contributed by atoms with Crippen LogP contribution in [0.1, 0.15) is 10.4 Å². The van der Waals surface area contributed by atoms with E-state index >= 15 is 0 Å². The van der Waals surface area contributed by atoms with Crippen LogP contribution in [-0.4, -0.2) is 40.3 Å². The second-order valence-electron chi connectivity index (χ2n) is 4.94. The van der Waals surface area contributed by atoms with Gasteiger partial charge in [-0.1, -0.05) is 17.3 Å². The molecule has 0 fully saturated rings. The van der Waals surface area contributed by atoms with Crippen molar-refractivity contribution in [3.8, 4) is 28.4 Å². The van der Waals surface area contributed by atoms with Crippen LogP contribution in [-0.2, 0) is 0 Å². The average Bonchev–Trinajstić information content (AvgIpc) is 3.11. The van der Waals surface area contributed by atoms with Gasteiger partial charge in [-0.25, -0.2) is 9.48 Å². The van der Waals surface area contributed by atoms with Gasteiger partial charge < -0.3 is 14.6 Å². The second-order valence-corrected chi connectivity index (χ2v) is 4.94. The molecular weight excluding hydrogens is 310 g/mol. The third-order valence-electron chi connectivity index (χ3n) is 3.55. The summed E-state index contributed by atoms with van der Waals surface area (Å²) in [4.78, 5) is 11.3. The number of hydrogen-bond donors (Lipinski definition) is 1. The average molecular weight is 325 g/mol. The van der Waals surface area contributed by atoms with Gasteiger partial charge in [0, 0.05) is 5.56 Å². The first kappa shape index (κ1) is 15.5. The van der Waals surface area contributed by atoms with Gasteiger partial charge in [-0.3, -0.25) is 0 Å². The third kappa shape index (κ3) is 2.79. The fourth-order valence-electron chi connectivity index (χ4n) is 2.36. The number of carboxylic acid groups (broad SMARTS) is 1. The topological polar surface area (TPSA) is 86.5 Å². The minimum Gasteiger partial charge on any atom is -0.493 e. The molecule has 2 aromatic carbocycles. The van der Waals surface area contributed by atoms with Crippen molar-refractivity contribution in [1.29, 1.82) is 0 Å². The molecule has 1 heterocycles. The molecule has 1 aromatic heterocycles. The Kier molecular flexibility index (Phi) is 4.15. The molecule has 0 aliphatic heterocycles. The molecule has 0 unspecified atom stereocenters.